The Morgan fingerprint density at radius 1 is 1.32 bits per heavy atom. The first kappa shape index (κ1) is 16.2. The molecule has 0 saturated carbocycles. The third-order valence-corrected chi connectivity index (χ3v) is 3.21. The van der Waals surface area contributed by atoms with E-state index in [4.69, 9.17) is 28.6 Å². The summed E-state index contributed by atoms with van der Waals surface area (Å²) >= 11 is 11.0. The molecule has 22 heavy (non-hydrogen) atoms. The van der Waals surface area contributed by atoms with E-state index in [1.165, 1.54) is 18.3 Å². The molecule has 2 aromatic rings. The number of hydrogen-bond donors (Lipinski definition) is 2. The summed E-state index contributed by atoms with van der Waals surface area (Å²) in [5, 5.41) is 7.34. The van der Waals surface area contributed by atoms with Crippen LogP contribution in [0.4, 0.5) is 10.1 Å². The summed E-state index contributed by atoms with van der Waals surface area (Å²) < 4.78 is 18.7. The highest BCUT2D eigenvalue weighted by Gasteiger charge is 2.03. The van der Waals surface area contributed by atoms with Crippen LogP contribution in [0.1, 0.15) is 5.56 Å². The van der Waals surface area contributed by atoms with Crippen molar-refractivity contribution in [1.82, 2.24) is 5.43 Å². The SMILES string of the molecule is COc1cccc(NC(=S)N/N=C\c2c(F)cccc2Cl)c1. The van der Waals surface area contributed by atoms with Crippen molar-refractivity contribution in [3.63, 3.8) is 0 Å². The highest BCUT2D eigenvalue weighted by Crippen LogP contribution is 2.17. The van der Waals surface area contributed by atoms with Gasteiger partial charge in [-0.05, 0) is 36.5 Å². The highest BCUT2D eigenvalue weighted by molar-refractivity contribution is 7.80. The maximum atomic E-state index is 13.5. The average molecular weight is 338 g/mol. The molecule has 0 aliphatic rings. The normalized spacial score (nSPS) is 10.5. The lowest BCUT2D eigenvalue weighted by molar-refractivity contribution is 0.415. The molecule has 0 aromatic heterocycles. The average Bonchev–Trinajstić information content (AvgIpc) is 2.50. The van der Waals surface area contributed by atoms with Gasteiger partial charge in [-0.25, -0.2) is 4.39 Å². The number of methoxy groups -OCH3 is 1. The van der Waals surface area contributed by atoms with Gasteiger partial charge in [0.2, 0.25) is 0 Å². The van der Waals surface area contributed by atoms with Gasteiger partial charge in [-0.1, -0.05) is 23.7 Å². The molecule has 0 atom stereocenters. The zero-order chi connectivity index (χ0) is 15.9. The largest absolute Gasteiger partial charge is 0.497 e. The first-order chi connectivity index (χ1) is 10.6. The van der Waals surface area contributed by atoms with Crippen molar-refractivity contribution >= 4 is 40.8 Å². The third kappa shape index (κ3) is 4.41. The van der Waals surface area contributed by atoms with Crippen LogP contribution < -0.4 is 15.5 Å². The lowest BCUT2D eigenvalue weighted by Crippen LogP contribution is -2.23. The molecule has 7 heteroatoms. The van der Waals surface area contributed by atoms with Crippen molar-refractivity contribution in [2.75, 3.05) is 12.4 Å². The van der Waals surface area contributed by atoms with Crippen LogP contribution >= 0.6 is 23.8 Å². The van der Waals surface area contributed by atoms with Crippen LogP contribution in [-0.4, -0.2) is 18.4 Å². The van der Waals surface area contributed by atoms with Gasteiger partial charge in [0.05, 0.1) is 18.3 Å². The lowest BCUT2D eigenvalue weighted by Gasteiger charge is -2.08. The topological polar surface area (TPSA) is 45.6 Å². The number of hydrogen-bond acceptors (Lipinski definition) is 3. The quantitative estimate of drug-likeness (QED) is 0.506. The molecule has 2 rings (SSSR count). The number of ether oxygens (including phenoxy) is 1. The molecule has 0 bridgehead atoms. The smallest absolute Gasteiger partial charge is 0.191 e. The van der Waals surface area contributed by atoms with Crippen molar-refractivity contribution in [2.24, 2.45) is 5.10 Å². The van der Waals surface area contributed by atoms with Crippen LogP contribution in [0, 0.1) is 5.82 Å². The minimum Gasteiger partial charge on any atom is -0.497 e. The van der Waals surface area contributed by atoms with E-state index in [0.717, 1.165) is 5.69 Å². The molecule has 0 aliphatic carbocycles. The Kier molecular flexibility index (Phi) is 5.68. The number of nitrogens with one attached hydrogen (secondary N) is 2. The number of rotatable bonds is 4. The fraction of sp³-hybridized carbons (Fsp3) is 0.0667. The molecule has 2 aromatic carbocycles. The highest BCUT2D eigenvalue weighted by atomic mass is 35.5. The summed E-state index contributed by atoms with van der Waals surface area (Å²) in [5.74, 6) is 0.249. The van der Waals surface area contributed by atoms with E-state index in [1.807, 2.05) is 18.2 Å². The summed E-state index contributed by atoms with van der Waals surface area (Å²) in [4.78, 5) is 0. The zero-order valence-electron chi connectivity index (χ0n) is 11.6. The molecule has 114 valence electrons. The van der Waals surface area contributed by atoms with Gasteiger partial charge in [0, 0.05) is 17.3 Å². The van der Waals surface area contributed by atoms with E-state index in [1.54, 1.807) is 19.2 Å². The van der Waals surface area contributed by atoms with Gasteiger partial charge in [-0.15, -0.1) is 0 Å². The van der Waals surface area contributed by atoms with Gasteiger partial charge in [0.15, 0.2) is 5.11 Å². The number of anilines is 1. The summed E-state index contributed by atoms with van der Waals surface area (Å²) in [6.07, 6.45) is 1.28. The molecule has 0 fully saturated rings. The number of thiocarbonyl (C=S) groups is 1. The number of halogens is 2. The first-order valence-corrected chi connectivity index (χ1v) is 7.07. The Hall–Kier alpha value is -2.18. The first-order valence-electron chi connectivity index (χ1n) is 6.28. The third-order valence-electron chi connectivity index (χ3n) is 2.69. The summed E-state index contributed by atoms with van der Waals surface area (Å²) in [6, 6.07) is 11.7. The summed E-state index contributed by atoms with van der Waals surface area (Å²) in [5.41, 5.74) is 3.54. The molecule has 2 N–H and O–H groups in total. The molecule has 0 spiro atoms. The van der Waals surface area contributed by atoms with Gasteiger partial charge in [-0.2, -0.15) is 5.10 Å². The molecule has 0 saturated heterocycles. The van der Waals surface area contributed by atoms with E-state index in [-0.39, 0.29) is 15.7 Å². The summed E-state index contributed by atoms with van der Waals surface area (Å²) in [6.45, 7) is 0. The van der Waals surface area contributed by atoms with Gasteiger partial charge in [0.25, 0.3) is 0 Å². The molecular formula is C15H13ClFN3OS. The van der Waals surface area contributed by atoms with E-state index in [0.29, 0.717) is 5.75 Å². The van der Waals surface area contributed by atoms with Crippen molar-refractivity contribution < 1.29 is 9.13 Å². The fourth-order valence-electron chi connectivity index (χ4n) is 1.65. The standard InChI is InChI=1S/C15H13ClFN3OS/c1-21-11-5-2-4-10(8-11)19-15(22)20-18-9-12-13(16)6-3-7-14(12)17/h2-9H,1H3,(H2,19,20,22)/b18-9-. The Morgan fingerprint density at radius 3 is 2.82 bits per heavy atom. The maximum Gasteiger partial charge on any atom is 0.191 e. The number of benzene rings is 2. The van der Waals surface area contributed by atoms with Gasteiger partial charge >= 0.3 is 0 Å². The molecule has 0 heterocycles. The van der Waals surface area contributed by atoms with E-state index < -0.39 is 5.82 Å². The Bertz CT molecular complexity index is 689. The van der Waals surface area contributed by atoms with Crippen molar-refractivity contribution in [2.45, 2.75) is 0 Å². The number of hydrazone groups is 1. The second-order valence-electron chi connectivity index (χ2n) is 4.19. The molecule has 4 nitrogen and oxygen atoms in total. The second kappa shape index (κ2) is 7.72. The fourth-order valence-corrected chi connectivity index (χ4v) is 2.03. The summed E-state index contributed by atoms with van der Waals surface area (Å²) in [7, 11) is 1.58. The van der Waals surface area contributed by atoms with E-state index >= 15 is 0 Å². The maximum absolute atomic E-state index is 13.5. The monoisotopic (exact) mass is 337 g/mol. The predicted molar refractivity (Wildman–Crippen MR) is 91.4 cm³/mol. The van der Waals surface area contributed by atoms with Gasteiger partial charge < -0.3 is 10.1 Å². The Balaban J connectivity index is 1.96. The molecule has 0 amide bonds. The van der Waals surface area contributed by atoms with Crippen LogP contribution in [0.3, 0.4) is 0 Å². The second-order valence-corrected chi connectivity index (χ2v) is 5.01. The van der Waals surface area contributed by atoms with E-state index in [9.17, 15) is 4.39 Å². The van der Waals surface area contributed by atoms with Crippen LogP contribution in [-0.2, 0) is 0 Å². The van der Waals surface area contributed by atoms with Crippen LogP contribution in [0.25, 0.3) is 0 Å². The Morgan fingerprint density at radius 2 is 2.09 bits per heavy atom. The van der Waals surface area contributed by atoms with Gasteiger partial charge in [0.1, 0.15) is 11.6 Å². The molecule has 0 unspecified atom stereocenters. The van der Waals surface area contributed by atoms with Gasteiger partial charge in [-0.3, -0.25) is 5.43 Å². The zero-order valence-corrected chi connectivity index (χ0v) is 13.2. The lowest BCUT2D eigenvalue weighted by atomic mass is 10.2. The number of nitrogens with zero attached hydrogens (tertiary/aromatic N) is 1. The van der Waals surface area contributed by atoms with Crippen LogP contribution in [0.15, 0.2) is 47.6 Å². The van der Waals surface area contributed by atoms with Crippen molar-refractivity contribution in [3.05, 3.63) is 58.9 Å². The molecular weight excluding hydrogens is 325 g/mol. The minimum absolute atomic E-state index is 0.195. The predicted octanol–water partition coefficient (Wildman–Crippen LogP) is 3.81. The van der Waals surface area contributed by atoms with Crippen molar-refractivity contribution in [1.29, 1.82) is 0 Å². The van der Waals surface area contributed by atoms with Crippen molar-refractivity contribution in [3.8, 4) is 5.75 Å². The van der Waals surface area contributed by atoms with Crippen LogP contribution in [0.2, 0.25) is 5.02 Å². The van der Waals surface area contributed by atoms with E-state index in [2.05, 4.69) is 15.8 Å². The van der Waals surface area contributed by atoms with Crippen LogP contribution in [0.5, 0.6) is 5.75 Å². The Labute approximate surface area is 137 Å². The molecule has 0 aliphatic heterocycles. The molecule has 0 radical (unpaired) electrons. The minimum atomic E-state index is -0.454.